The van der Waals surface area contributed by atoms with Crippen molar-refractivity contribution in [2.24, 2.45) is 0 Å². The molecule has 230 valence electrons. The van der Waals surface area contributed by atoms with Crippen molar-refractivity contribution in [3.63, 3.8) is 0 Å². The van der Waals surface area contributed by atoms with E-state index in [-0.39, 0.29) is 5.97 Å². The maximum absolute atomic E-state index is 12.7. The van der Waals surface area contributed by atoms with E-state index in [0.29, 0.717) is 31.5 Å². The lowest BCUT2D eigenvalue weighted by molar-refractivity contribution is -0.152. The first-order valence-electron chi connectivity index (χ1n) is 15.7. The van der Waals surface area contributed by atoms with Crippen LogP contribution < -0.4 is 0 Å². The van der Waals surface area contributed by atoms with Gasteiger partial charge in [0.1, 0.15) is 6.61 Å². The van der Waals surface area contributed by atoms with Crippen molar-refractivity contribution in [1.82, 2.24) is 19.9 Å². The summed E-state index contributed by atoms with van der Waals surface area (Å²) in [6, 6.07) is 20.0. The number of rotatable bonds is 16. The fourth-order valence-corrected chi connectivity index (χ4v) is 5.37. The number of ether oxygens (including phenoxy) is 2. The predicted octanol–water partition coefficient (Wildman–Crippen LogP) is 6.02. The third-order valence-corrected chi connectivity index (χ3v) is 8.12. The lowest BCUT2D eigenvalue weighted by Crippen LogP contribution is -2.35. The zero-order valence-corrected chi connectivity index (χ0v) is 26.1. The van der Waals surface area contributed by atoms with Gasteiger partial charge in [-0.25, -0.2) is 0 Å². The molecule has 0 spiro atoms. The third kappa shape index (κ3) is 10.0. The van der Waals surface area contributed by atoms with Gasteiger partial charge in [-0.05, 0) is 44.6 Å². The third-order valence-electron chi connectivity index (χ3n) is 8.12. The Balaban J connectivity index is 0.000000240. The Labute approximate surface area is 252 Å². The Morgan fingerprint density at radius 1 is 0.810 bits per heavy atom. The number of esters is 1. The summed E-state index contributed by atoms with van der Waals surface area (Å²) in [5.74, 6) is 1.30. The number of hydrogen-bond acceptors (Lipinski definition) is 8. The van der Waals surface area contributed by atoms with E-state index in [2.05, 4.69) is 47.6 Å². The number of likely N-dealkylation sites (N-methyl/N-ethyl adjacent to an activating group) is 2. The fourth-order valence-electron chi connectivity index (χ4n) is 5.37. The second-order valence-electron chi connectivity index (χ2n) is 10.6. The molecular weight excluding hydrogens is 528 g/mol. The van der Waals surface area contributed by atoms with Gasteiger partial charge in [-0.2, -0.15) is 4.98 Å². The second kappa shape index (κ2) is 18.5. The summed E-state index contributed by atoms with van der Waals surface area (Å²) < 4.78 is 16.4. The highest BCUT2D eigenvalue weighted by molar-refractivity contribution is 5.83. The van der Waals surface area contributed by atoms with Crippen LogP contribution in [0.3, 0.4) is 0 Å². The van der Waals surface area contributed by atoms with Crippen LogP contribution in [0.25, 0.3) is 11.4 Å². The zero-order chi connectivity index (χ0) is 30.0. The van der Waals surface area contributed by atoms with E-state index in [1.807, 2.05) is 60.7 Å². The van der Waals surface area contributed by atoms with E-state index in [1.54, 1.807) is 0 Å². The molecule has 1 aromatic heterocycles. The van der Waals surface area contributed by atoms with Crippen LogP contribution in [0.15, 0.2) is 65.2 Å². The predicted molar refractivity (Wildman–Crippen MR) is 167 cm³/mol. The highest BCUT2D eigenvalue weighted by atomic mass is 16.6. The summed E-state index contributed by atoms with van der Waals surface area (Å²) in [5, 5.41) is 4.01. The van der Waals surface area contributed by atoms with Crippen LogP contribution in [-0.4, -0.2) is 85.0 Å². The molecule has 3 aromatic rings. The highest BCUT2D eigenvalue weighted by Crippen LogP contribution is 2.42. The first kappa shape index (κ1) is 33.4. The Bertz CT molecular complexity index is 1120. The fraction of sp³-hybridized carbons (Fsp3) is 0.559. The van der Waals surface area contributed by atoms with E-state index in [4.69, 9.17) is 14.0 Å². The van der Waals surface area contributed by atoms with E-state index >= 15 is 0 Å². The van der Waals surface area contributed by atoms with Gasteiger partial charge in [-0.15, -0.1) is 0 Å². The molecule has 8 nitrogen and oxygen atoms in total. The number of aromatic nitrogens is 2. The Kier molecular flexibility index (Phi) is 14.7. The van der Waals surface area contributed by atoms with Crippen LogP contribution in [-0.2, 0) is 26.1 Å². The van der Waals surface area contributed by atoms with Gasteiger partial charge in [0, 0.05) is 25.1 Å². The van der Waals surface area contributed by atoms with Crippen molar-refractivity contribution in [2.45, 2.75) is 65.2 Å². The summed E-state index contributed by atoms with van der Waals surface area (Å²) in [6.07, 6.45) is 4.76. The maximum atomic E-state index is 12.7. The standard InChI is InChI=1S/C20H31NO3.C14H19N3O/c1-3-21(4-2)14-15-23-16-17-24-19(22)20(12-8-9-13-20)18-10-6-5-7-11-18;1-3-17(4-2)11-10-13-15-14(16-18-13)12-8-6-5-7-9-12/h5-7,10-11H,3-4,8-9,12-17H2,1-2H3;5-9H,3-4,10-11H2,1-2H3. The number of carbonyl (C=O) groups is 1. The minimum Gasteiger partial charge on any atom is -0.463 e. The first-order valence-corrected chi connectivity index (χ1v) is 15.7. The summed E-state index contributed by atoms with van der Waals surface area (Å²) in [6.45, 7) is 16.2. The average molecular weight is 579 g/mol. The first-order chi connectivity index (χ1) is 20.6. The van der Waals surface area contributed by atoms with Gasteiger partial charge in [0.05, 0.1) is 18.6 Å². The largest absolute Gasteiger partial charge is 0.463 e. The molecule has 0 amide bonds. The molecule has 0 bridgehead atoms. The van der Waals surface area contributed by atoms with Crippen molar-refractivity contribution in [2.75, 3.05) is 59.1 Å². The summed E-state index contributed by atoms with van der Waals surface area (Å²) in [5.41, 5.74) is 1.65. The minimum atomic E-state index is -0.442. The van der Waals surface area contributed by atoms with Gasteiger partial charge in [0.2, 0.25) is 11.7 Å². The lowest BCUT2D eigenvalue weighted by Gasteiger charge is -2.27. The van der Waals surface area contributed by atoms with Crippen LogP contribution in [0.5, 0.6) is 0 Å². The summed E-state index contributed by atoms with van der Waals surface area (Å²) in [4.78, 5) is 21.8. The summed E-state index contributed by atoms with van der Waals surface area (Å²) in [7, 11) is 0. The van der Waals surface area contributed by atoms with E-state index in [1.165, 1.54) is 0 Å². The molecule has 4 rings (SSSR count). The molecule has 0 N–H and O–H groups in total. The minimum absolute atomic E-state index is 0.0847. The van der Waals surface area contributed by atoms with Gasteiger partial charge in [0.15, 0.2) is 0 Å². The van der Waals surface area contributed by atoms with Crippen LogP contribution in [0, 0.1) is 0 Å². The molecule has 0 aliphatic heterocycles. The molecule has 1 saturated carbocycles. The van der Waals surface area contributed by atoms with Gasteiger partial charge >= 0.3 is 5.97 Å². The van der Waals surface area contributed by atoms with Crippen LogP contribution >= 0.6 is 0 Å². The lowest BCUT2D eigenvalue weighted by atomic mass is 9.79. The average Bonchev–Trinajstić information content (AvgIpc) is 3.74. The number of benzene rings is 2. The second-order valence-corrected chi connectivity index (χ2v) is 10.6. The molecule has 1 aliphatic carbocycles. The molecule has 0 unspecified atom stereocenters. The smallest absolute Gasteiger partial charge is 0.316 e. The molecule has 1 aliphatic rings. The topological polar surface area (TPSA) is 80.9 Å². The van der Waals surface area contributed by atoms with E-state index < -0.39 is 5.41 Å². The van der Waals surface area contributed by atoms with E-state index in [0.717, 1.165) is 82.5 Å². The van der Waals surface area contributed by atoms with Gasteiger partial charge < -0.3 is 23.8 Å². The van der Waals surface area contributed by atoms with Crippen molar-refractivity contribution in [1.29, 1.82) is 0 Å². The molecule has 0 atom stereocenters. The van der Waals surface area contributed by atoms with Crippen LogP contribution in [0.1, 0.15) is 64.8 Å². The highest BCUT2D eigenvalue weighted by Gasteiger charge is 2.44. The van der Waals surface area contributed by atoms with Crippen molar-refractivity contribution in [3.8, 4) is 11.4 Å². The molecule has 2 aromatic carbocycles. The van der Waals surface area contributed by atoms with E-state index in [9.17, 15) is 4.79 Å². The quantitative estimate of drug-likeness (QED) is 0.151. The molecule has 42 heavy (non-hydrogen) atoms. The number of carbonyl (C=O) groups excluding carboxylic acids is 1. The van der Waals surface area contributed by atoms with Crippen LogP contribution in [0.2, 0.25) is 0 Å². The molecule has 1 fully saturated rings. The molecule has 1 heterocycles. The Morgan fingerprint density at radius 2 is 1.40 bits per heavy atom. The number of hydrogen-bond donors (Lipinski definition) is 0. The van der Waals surface area contributed by atoms with Crippen molar-refractivity contribution < 1.29 is 18.8 Å². The maximum Gasteiger partial charge on any atom is 0.316 e. The van der Waals surface area contributed by atoms with Crippen molar-refractivity contribution in [3.05, 3.63) is 72.1 Å². The Hall–Kier alpha value is -3.07. The normalized spacial score (nSPS) is 14.1. The molecular formula is C34H50N4O4. The SMILES string of the molecule is CCN(CC)CCOCCOC(=O)C1(c2ccccc2)CCCC1.CCN(CC)CCc1nc(-c2ccccc2)no1. The van der Waals surface area contributed by atoms with Gasteiger partial charge in [-0.1, -0.05) is 106 Å². The Morgan fingerprint density at radius 3 is 2.02 bits per heavy atom. The van der Waals surface area contributed by atoms with Gasteiger partial charge in [0.25, 0.3) is 0 Å². The molecule has 0 radical (unpaired) electrons. The van der Waals surface area contributed by atoms with Crippen molar-refractivity contribution >= 4 is 5.97 Å². The monoisotopic (exact) mass is 578 g/mol. The zero-order valence-electron chi connectivity index (χ0n) is 26.1. The van der Waals surface area contributed by atoms with Gasteiger partial charge in [-0.3, -0.25) is 4.79 Å². The number of nitrogens with zero attached hydrogens (tertiary/aromatic N) is 4. The molecule has 0 saturated heterocycles. The van der Waals surface area contributed by atoms with Crippen LogP contribution in [0.4, 0.5) is 0 Å². The summed E-state index contributed by atoms with van der Waals surface area (Å²) >= 11 is 0. The molecule has 8 heteroatoms.